The van der Waals surface area contributed by atoms with Crippen molar-refractivity contribution in [3.63, 3.8) is 0 Å². The first kappa shape index (κ1) is 15.5. The number of hydrogen-bond acceptors (Lipinski definition) is 5. The zero-order chi connectivity index (χ0) is 15.9. The first-order valence-electron chi connectivity index (χ1n) is 7.74. The van der Waals surface area contributed by atoms with Crippen LogP contribution in [0.15, 0.2) is 47.1 Å². The van der Waals surface area contributed by atoms with Gasteiger partial charge in [0.25, 0.3) is 0 Å². The molecule has 0 aliphatic carbocycles. The summed E-state index contributed by atoms with van der Waals surface area (Å²) in [6.07, 6.45) is 10.7. The Morgan fingerprint density at radius 2 is 2.00 bits per heavy atom. The number of benzene rings is 1. The first-order valence-corrected chi connectivity index (χ1v) is 8.56. The summed E-state index contributed by atoms with van der Waals surface area (Å²) in [5.41, 5.74) is 1.03. The van der Waals surface area contributed by atoms with Gasteiger partial charge in [0.15, 0.2) is 5.13 Å². The van der Waals surface area contributed by atoms with Crippen LogP contribution in [0.5, 0.6) is 0 Å². The minimum atomic E-state index is 0.641. The number of anilines is 2. The Morgan fingerprint density at radius 1 is 1.13 bits per heavy atom. The first-order chi connectivity index (χ1) is 11.3. The third-order valence-electron chi connectivity index (χ3n) is 3.29. The highest BCUT2D eigenvalue weighted by Gasteiger charge is 2.02. The van der Waals surface area contributed by atoms with E-state index < -0.39 is 0 Å². The molecule has 0 aliphatic heterocycles. The lowest BCUT2D eigenvalue weighted by Gasteiger charge is -1.99. The summed E-state index contributed by atoms with van der Waals surface area (Å²) in [7, 11) is 0. The van der Waals surface area contributed by atoms with Crippen molar-refractivity contribution >= 4 is 34.3 Å². The molecule has 0 bridgehead atoms. The van der Waals surface area contributed by atoms with Crippen molar-refractivity contribution in [2.75, 3.05) is 5.32 Å². The molecule has 1 aromatic carbocycles. The highest BCUT2D eigenvalue weighted by molar-refractivity contribution is 7.16. The SMILES string of the molecule is CCCCc1cnc(/C=C/c2cnc(Nc3ccccc3)s2)o1. The van der Waals surface area contributed by atoms with Crippen molar-refractivity contribution in [1.82, 2.24) is 9.97 Å². The topological polar surface area (TPSA) is 51.0 Å². The van der Waals surface area contributed by atoms with Gasteiger partial charge in [-0.25, -0.2) is 9.97 Å². The maximum Gasteiger partial charge on any atom is 0.218 e. The second-order valence-electron chi connectivity index (χ2n) is 5.16. The van der Waals surface area contributed by atoms with E-state index in [0.29, 0.717) is 5.89 Å². The minimum absolute atomic E-state index is 0.641. The van der Waals surface area contributed by atoms with Gasteiger partial charge in [-0.2, -0.15) is 0 Å². The summed E-state index contributed by atoms with van der Waals surface area (Å²) in [5, 5.41) is 4.15. The molecule has 3 aromatic rings. The van der Waals surface area contributed by atoms with Gasteiger partial charge in [0, 0.05) is 29.3 Å². The van der Waals surface area contributed by atoms with Gasteiger partial charge in [-0.05, 0) is 24.6 Å². The Balaban J connectivity index is 1.61. The van der Waals surface area contributed by atoms with Crippen molar-refractivity contribution < 1.29 is 4.42 Å². The quantitative estimate of drug-likeness (QED) is 0.633. The summed E-state index contributed by atoms with van der Waals surface area (Å²) in [6, 6.07) is 10.0. The number of unbranched alkanes of at least 4 members (excludes halogenated alkanes) is 1. The maximum absolute atomic E-state index is 5.68. The molecule has 4 nitrogen and oxygen atoms in total. The highest BCUT2D eigenvalue weighted by Crippen LogP contribution is 2.24. The molecule has 3 rings (SSSR count). The fourth-order valence-corrected chi connectivity index (χ4v) is 2.83. The van der Waals surface area contributed by atoms with Crippen molar-refractivity contribution in [3.05, 3.63) is 59.3 Å². The van der Waals surface area contributed by atoms with E-state index in [1.165, 1.54) is 0 Å². The monoisotopic (exact) mass is 325 g/mol. The average Bonchev–Trinajstić information content (AvgIpc) is 3.21. The van der Waals surface area contributed by atoms with E-state index in [1.54, 1.807) is 11.3 Å². The second kappa shape index (κ2) is 7.74. The van der Waals surface area contributed by atoms with E-state index in [9.17, 15) is 0 Å². The zero-order valence-electron chi connectivity index (χ0n) is 13.0. The molecular weight excluding hydrogens is 306 g/mol. The zero-order valence-corrected chi connectivity index (χ0v) is 13.8. The molecule has 0 saturated heterocycles. The van der Waals surface area contributed by atoms with Gasteiger partial charge in [0.1, 0.15) is 5.76 Å². The predicted molar refractivity (Wildman–Crippen MR) is 95.9 cm³/mol. The largest absolute Gasteiger partial charge is 0.442 e. The lowest BCUT2D eigenvalue weighted by atomic mass is 10.2. The molecule has 0 atom stereocenters. The molecule has 0 saturated carbocycles. The van der Waals surface area contributed by atoms with E-state index in [2.05, 4.69) is 22.2 Å². The van der Waals surface area contributed by atoms with Crippen LogP contribution < -0.4 is 5.32 Å². The van der Waals surface area contributed by atoms with Crippen LogP contribution in [0.3, 0.4) is 0 Å². The highest BCUT2D eigenvalue weighted by atomic mass is 32.1. The number of para-hydroxylation sites is 1. The van der Waals surface area contributed by atoms with Gasteiger partial charge in [0.05, 0.1) is 6.20 Å². The van der Waals surface area contributed by atoms with E-state index >= 15 is 0 Å². The number of nitrogens with one attached hydrogen (secondary N) is 1. The summed E-state index contributed by atoms with van der Waals surface area (Å²) >= 11 is 1.59. The van der Waals surface area contributed by atoms with E-state index in [0.717, 1.165) is 40.7 Å². The van der Waals surface area contributed by atoms with Gasteiger partial charge in [-0.1, -0.05) is 42.9 Å². The van der Waals surface area contributed by atoms with Gasteiger partial charge in [-0.3, -0.25) is 0 Å². The van der Waals surface area contributed by atoms with Crippen LogP contribution in [0.4, 0.5) is 10.8 Å². The van der Waals surface area contributed by atoms with Crippen LogP contribution in [0.2, 0.25) is 0 Å². The van der Waals surface area contributed by atoms with Crippen molar-refractivity contribution in [1.29, 1.82) is 0 Å². The number of aromatic nitrogens is 2. The minimum Gasteiger partial charge on any atom is -0.442 e. The summed E-state index contributed by atoms with van der Waals surface area (Å²) < 4.78 is 5.68. The Hall–Kier alpha value is -2.40. The van der Waals surface area contributed by atoms with Crippen LogP contribution in [0.1, 0.15) is 36.3 Å². The molecule has 0 amide bonds. The number of nitrogens with zero attached hydrogens (tertiary/aromatic N) is 2. The molecule has 118 valence electrons. The van der Waals surface area contributed by atoms with Gasteiger partial charge in [0.2, 0.25) is 5.89 Å². The second-order valence-corrected chi connectivity index (χ2v) is 6.22. The van der Waals surface area contributed by atoms with Crippen molar-refractivity contribution in [3.8, 4) is 0 Å². The fraction of sp³-hybridized carbons (Fsp3) is 0.222. The molecule has 5 heteroatoms. The number of aryl methyl sites for hydroxylation is 1. The lowest BCUT2D eigenvalue weighted by Crippen LogP contribution is -1.87. The molecule has 0 radical (unpaired) electrons. The maximum atomic E-state index is 5.68. The van der Waals surface area contributed by atoms with E-state index in [1.807, 2.05) is 54.9 Å². The van der Waals surface area contributed by atoms with Crippen molar-refractivity contribution in [2.24, 2.45) is 0 Å². The van der Waals surface area contributed by atoms with Gasteiger partial charge >= 0.3 is 0 Å². The third kappa shape index (κ3) is 4.53. The van der Waals surface area contributed by atoms with E-state index in [4.69, 9.17) is 4.42 Å². The molecule has 1 N–H and O–H groups in total. The molecule has 23 heavy (non-hydrogen) atoms. The average molecular weight is 325 g/mol. The summed E-state index contributed by atoms with van der Waals surface area (Å²) in [4.78, 5) is 9.70. The summed E-state index contributed by atoms with van der Waals surface area (Å²) in [6.45, 7) is 2.17. The molecule has 2 aromatic heterocycles. The van der Waals surface area contributed by atoms with Crippen molar-refractivity contribution in [2.45, 2.75) is 26.2 Å². The molecule has 0 fully saturated rings. The Kier molecular flexibility index (Phi) is 5.21. The number of oxazole rings is 1. The Bertz CT molecular complexity index is 761. The third-order valence-corrected chi connectivity index (χ3v) is 4.16. The normalized spacial score (nSPS) is 11.2. The van der Waals surface area contributed by atoms with E-state index in [-0.39, 0.29) is 0 Å². The van der Waals surface area contributed by atoms with Gasteiger partial charge < -0.3 is 9.73 Å². The molecule has 0 aliphatic rings. The Morgan fingerprint density at radius 3 is 2.83 bits per heavy atom. The van der Waals surface area contributed by atoms with Crippen LogP contribution in [0.25, 0.3) is 12.2 Å². The number of thiazole rings is 1. The lowest BCUT2D eigenvalue weighted by molar-refractivity contribution is 0.487. The standard InChI is InChI=1S/C18H19N3OS/c1-2-3-9-15-12-19-17(22-15)11-10-16-13-20-18(23-16)21-14-7-5-4-6-8-14/h4-8,10-13H,2-3,9H2,1H3,(H,20,21)/b11-10+. The van der Waals surface area contributed by atoms with Crippen LogP contribution in [0, 0.1) is 0 Å². The molecule has 2 heterocycles. The van der Waals surface area contributed by atoms with Crippen LogP contribution in [-0.4, -0.2) is 9.97 Å². The fourth-order valence-electron chi connectivity index (χ4n) is 2.09. The van der Waals surface area contributed by atoms with Gasteiger partial charge in [-0.15, -0.1) is 0 Å². The molecule has 0 spiro atoms. The number of hydrogen-bond donors (Lipinski definition) is 1. The molecule has 0 unspecified atom stereocenters. The predicted octanol–water partition coefficient (Wildman–Crippen LogP) is 5.39. The Labute approximate surface area is 139 Å². The molecular formula is C18H19N3OS. The van der Waals surface area contributed by atoms with Crippen LogP contribution >= 0.6 is 11.3 Å². The smallest absolute Gasteiger partial charge is 0.218 e. The number of rotatable bonds is 7. The summed E-state index contributed by atoms with van der Waals surface area (Å²) in [5.74, 6) is 1.59. The van der Waals surface area contributed by atoms with Crippen LogP contribution in [-0.2, 0) is 6.42 Å².